The largest absolute Gasteiger partial charge is 0.453 e. The van der Waals surface area contributed by atoms with Crippen molar-refractivity contribution >= 4 is 20.2 Å². The zero-order valence-electron chi connectivity index (χ0n) is 18.7. The minimum Gasteiger partial charge on any atom is -0.453 e. The Labute approximate surface area is 189 Å². The molecule has 0 amide bonds. The number of nitriles is 1. The Balaban J connectivity index is 0.000000805. The molecule has 0 saturated carbocycles. The maximum atomic E-state index is 9.19. The number of aryl methyl sites for hydroxylation is 2. The van der Waals surface area contributed by atoms with E-state index in [0.717, 1.165) is 35.5 Å². The molecule has 0 aliphatic rings. The molecule has 0 unspecified atom stereocenters. The van der Waals surface area contributed by atoms with Crippen LogP contribution < -0.4 is 10.5 Å². The van der Waals surface area contributed by atoms with Crippen molar-refractivity contribution in [3.8, 4) is 17.6 Å². The van der Waals surface area contributed by atoms with Crippen LogP contribution in [0.2, 0.25) is 0 Å². The minimum atomic E-state index is -3.67. The van der Waals surface area contributed by atoms with Gasteiger partial charge in [0, 0.05) is 6.54 Å². The van der Waals surface area contributed by atoms with Crippen LogP contribution in [0.3, 0.4) is 0 Å². The van der Waals surface area contributed by atoms with Crippen molar-refractivity contribution in [3.05, 3.63) is 40.7 Å². The summed E-state index contributed by atoms with van der Waals surface area (Å²) in [7, 11) is -7.33. The lowest BCUT2D eigenvalue weighted by Gasteiger charge is -2.10. The number of ether oxygens (including phenoxy) is 1. The van der Waals surface area contributed by atoms with Gasteiger partial charge in [-0.1, -0.05) is 13.8 Å². The first-order valence-electron chi connectivity index (χ1n) is 9.46. The van der Waals surface area contributed by atoms with Crippen molar-refractivity contribution in [2.24, 2.45) is 5.73 Å². The first-order chi connectivity index (χ1) is 14.6. The predicted octanol–water partition coefficient (Wildman–Crippen LogP) is 1.95. The third kappa shape index (κ3) is 13.0. The minimum absolute atomic E-state index is 0.542. The van der Waals surface area contributed by atoms with E-state index < -0.39 is 20.2 Å². The van der Waals surface area contributed by atoms with Crippen molar-refractivity contribution in [1.82, 2.24) is 9.78 Å². The van der Waals surface area contributed by atoms with Gasteiger partial charge in [0.2, 0.25) is 0 Å². The molecule has 32 heavy (non-hydrogen) atoms. The fourth-order valence-corrected chi connectivity index (χ4v) is 2.52. The highest BCUT2D eigenvalue weighted by Crippen LogP contribution is 2.31. The molecular formula is C19H30N4O7S2. The number of rotatable bonds is 6. The summed E-state index contributed by atoms with van der Waals surface area (Å²) >= 11 is 0. The Bertz CT molecular complexity index is 1090. The second-order valence-corrected chi connectivity index (χ2v) is 9.59. The lowest BCUT2D eigenvalue weighted by molar-refractivity contribution is 0.467. The van der Waals surface area contributed by atoms with E-state index in [9.17, 15) is 16.8 Å². The van der Waals surface area contributed by atoms with Gasteiger partial charge in [0.05, 0.1) is 36.4 Å². The number of nitrogens with zero attached hydrogens (tertiary/aromatic N) is 3. The van der Waals surface area contributed by atoms with E-state index in [1.807, 2.05) is 23.7 Å². The summed E-state index contributed by atoms with van der Waals surface area (Å²) in [6, 6.07) is 7.69. The van der Waals surface area contributed by atoms with Crippen LogP contribution in [0.4, 0.5) is 0 Å². The predicted molar refractivity (Wildman–Crippen MR) is 121 cm³/mol. The second-order valence-electron chi connectivity index (χ2n) is 6.66. The topological polar surface area (TPSA) is 186 Å². The lowest BCUT2D eigenvalue weighted by Crippen LogP contribution is -2.13. The fourth-order valence-electron chi connectivity index (χ4n) is 2.52. The van der Waals surface area contributed by atoms with Crippen LogP contribution in [0, 0.1) is 18.3 Å². The third-order valence-electron chi connectivity index (χ3n) is 3.49. The van der Waals surface area contributed by atoms with Crippen LogP contribution in [-0.2, 0) is 39.6 Å². The molecule has 0 bridgehead atoms. The van der Waals surface area contributed by atoms with Gasteiger partial charge in [-0.15, -0.1) is 0 Å². The first kappa shape index (κ1) is 29.5. The summed E-state index contributed by atoms with van der Waals surface area (Å²) < 4.78 is 59.8. The molecule has 1 aromatic carbocycles. The van der Waals surface area contributed by atoms with E-state index >= 15 is 0 Å². The summed E-state index contributed by atoms with van der Waals surface area (Å²) in [4.78, 5) is 0. The Kier molecular flexibility index (Phi) is 12.1. The van der Waals surface area contributed by atoms with Gasteiger partial charge in [0.15, 0.2) is 5.75 Å². The Morgan fingerprint density at radius 1 is 1.09 bits per heavy atom. The fraction of sp³-hybridized carbons (Fsp3) is 0.474. The van der Waals surface area contributed by atoms with Crippen LogP contribution >= 0.6 is 0 Å². The van der Waals surface area contributed by atoms with Crippen LogP contribution in [0.5, 0.6) is 11.5 Å². The summed E-state index contributed by atoms with van der Waals surface area (Å²) in [6.07, 6.45) is 3.04. The van der Waals surface area contributed by atoms with Crippen LogP contribution in [0.1, 0.15) is 36.4 Å². The monoisotopic (exact) mass is 490 g/mol. The molecule has 180 valence electrons. The Hall–Kier alpha value is -2.50. The molecule has 11 nitrogen and oxygen atoms in total. The van der Waals surface area contributed by atoms with E-state index in [1.54, 1.807) is 6.07 Å². The quantitative estimate of drug-likeness (QED) is 0.505. The molecule has 0 radical (unpaired) electrons. The highest BCUT2D eigenvalue weighted by atomic mass is 32.2. The normalized spacial score (nSPS) is 10.8. The summed E-state index contributed by atoms with van der Waals surface area (Å²) in [5.41, 5.74) is 9.22. The second kappa shape index (κ2) is 13.1. The van der Waals surface area contributed by atoms with E-state index in [-0.39, 0.29) is 0 Å². The van der Waals surface area contributed by atoms with Gasteiger partial charge in [-0.25, -0.2) is 0 Å². The number of hydrogen-bond acceptors (Lipinski definition) is 8. The number of nitrogens with two attached hydrogens (primary N) is 1. The molecule has 13 heteroatoms. The molecule has 2 rings (SSSR count). The van der Waals surface area contributed by atoms with Crippen molar-refractivity contribution in [2.75, 3.05) is 19.1 Å². The zero-order valence-corrected chi connectivity index (χ0v) is 20.4. The Morgan fingerprint density at radius 2 is 1.62 bits per heavy atom. The highest BCUT2D eigenvalue weighted by molar-refractivity contribution is 7.85. The third-order valence-corrected chi connectivity index (χ3v) is 3.49. The first-order valence-corrected chi connectivity index (χ1v) is 13.2. The maximum Gasteiger partial charge on any atom is 0.261 e. The zero-order chi connectivity index (χ0) is 25.1. The van der Waals surface area contributed by atoms with Crippen LogP contribution in [-0.4, -0.2) is 54.8 Å². The van der Waals surface area contributed by atoms with Gasteiger partial charge in [0.1, 0.15) is 11.4 Å². The molecule has 0 spiro atoms. The maximum absolute atomic E-state index is 9.19. The van der Waals surface area contributed by atoms with Gasteiger partial charge in [-0.2, -0.15) is 27.2 Å². The molecule has 0 fully saturated rings. The number of aromatic nitrogens is 2. The van der Waals surface area contributed by atoms with Crippen molar-refractivity contribution < 1.29 is 30.7 Å². The van der Waals surface area contributed by atoms with E-state index in [1.165, 1.54) is 0 Å². The standard InChI is InChI=1S/C17H22N4O.2CH4O3S/c1-4-15-17(16(5-2)21(20-15)7-6-18)22-14-9-12(3)8-13(10-14)11-19;2*1-5(2,3)4/h8-10H,4-7,18H2,1-3H3;2*1H3,(H,2,3,4). The molecule has 2 aromatic rings. The lowest BCUT2D eigenvalue weighted by atomic mass is 10.1. The molecule has 1 aromatic heterocycles. The molecule has 0 saturated heterocycles. The van der Waals surface area contributed by atoms with Gasteiger partial charge in [-0.05, 0) is 43.5 Å². The summed E-state index contributed by atoms with van der Waals surface area (Å²) in [5, 5.41) is 13.7. The molecular weight excluding hydrogens is 460 g/mol. The molecule has 0 aliphatic heterocycles. The average Bonchev–Trinajstić information content (AvgIpc) is 2.95. The molecule has 4 N–H and O–H groups in total. The smallest absolute Gasteiger partial charge is 0.261 e. The van der Waals surface area contributed by atoms with Crippen molar-refractivity contribution in [2.45, 2.75) is 40.2 Å². The van der Waals surface area contributed by atoms with E-state index in [2.05, 4.69) is 25.0 Å². The molecule has 0 aliphatic carbocycles. The van der Waals surface area contributed by atoms with Gasteiger partial charge < -0.3 is 10.5 Å². The van der Waals surface area contributed by atoms with Crippen molar-refractivity contribution in [1.29, 1.82) is 5.26 Å². The van der Waals surface area contributed by atoms with Crippen LogP contribution in [0.25, 0.3) is 0 Å². The van der Waals surface area contributed by atoms with E-state index in [4.69, 9.17) is 24.8 Å². The average molecular weight is 491 g/mol. The van der Waals surface area contributed by atoms with Gasteiger partial charge in [-0.3, -0.25) is 13.8 Å². The Morgan fingerprint density at radius 3 is 2.03 bits per heavy atom. The highest BCUT2D eigenvalue weighted by Gasteiger charge is 2.17. The molecule has 0 atom stereocenters. The van der Waals surface area contributed by atoms with Crippen LogP contribution in [0.15, 0.2) is 18.2 Å². The summed E-state index contributed by atoms with van der Waals surface area (Å²) in [6.45, 7) is 7.30. The van der Waals surface area contributed by atoms with Gasteiger partial charge >= 0.3 is 0 Å². The number of hydrogen-bond donors (Lipinski definition) is 3. The SMILES string of the molecule is CCc1nn(CCN)c(CC)c1Oc1cc(C)cc(C#N)c1.CS(=O)(=O)O.CS(=O)(=O)O. The summed E-state index contributed by atoms with van der Waals surface area (Å²) in [5.74, 6) is 1.47. The number of benzene rings is 1. The van der Waals surface area contributed by atoms with E-state index in [0.29, 0.717) is 36.9 Å². The van der Waals surface area contributed by atoms with Gasteiger partial charge in [0.25, 0.3) is 20.2 Å². The van der Waals surface area contributed by atoms with Crippen molar-refractivity contribution in [3.63, 3.8) is 0 Å². The molecule has 1 heterocycles.